The van der Waals surface area contributed by atoms with Gasteiger partial charge in [-0.15, -0.1) is 6.58 Å². The van der Waals surface area contributed by atoms with Crippen molar-refractivity contribution in [3.63, 3.8) is 0 Å². The van der Waals surface area contributed by atoms with E-state index >= 15 is 0 Å². The van der Waals surface area contributed by atoms with Crippen LogP contribution in [0.2, 0.25) is 0 Å². The Kier molecular flexibility index (Phi) is 15.6. The van der Waals surface area contributed by atoms with Gasteiger partial charge < -0.3 is 14.7 Å². The summed E-state index contributed by atoms with van der Waals surface area (Å²) >= 11 is 0. The van der Waals surface area contributed by atoms with Gasteiger partial charge in [0.1, 0.15) is 30.2 Å². The Bertz CT molecular complexity index is 2830. The van der Waals surface area contributed by atoms with Crippen molar-refractivity contribution >= 4 is 66.9 Å². The maximum Gasteiger partial charge on any atom is 0.211 e. The van der Waals surface area contributed by atoms with Crippen LogP contribution in [0.5, 0.6) is 5.75 Å². The highest BCUT2D eigenvalue weighted by molar-refractivity contribution is 7.20. The number of fused-ring (bicyclic) bond motifs is 4. The molecule has 0 saturated carbocycles. The predicted molar refractivity (Wildman–Crippen MR) is 313 cm³/mol. The van der Waals surface area contributed by atoms with Gasteiger partial charge in [0.2, 0.25) is 5.52 Å². The number of hydrogen-bond acceptors (Lipinski definition) is 2. The zero-order valence-electron chi connectivity index (χ0n) is 42.4. The van der Waals surface area contributed by atoms with Crippen molar-refractivity contribution in [3.8, 4) is 5.75 Å². The van der Waals surface area contributed by atoms with Gasteiger partial charge >= 0.3 is 0 Å². The summed E-state index contributed by atoms with van der Waals surface area (Å²) in [7, 11) is 1.68. The van der Waals surface area contributed by atoms with E-state index < -0.39 is 18.4 Å². The molecule has 5 atom stereocenters. The van der Waals surface area contributed by atoms with Crippen LogP contribution >= 0.6 is 0 Å². The van der Waals surface area contributed by atoms with E-state index in [2.05, 4.69) is 260 Å². The minimum Gasteiger partial charge on any atom is -0.497 e. The van der Waals surface area contributed by atoms with Gasteiger partial charge in [0.25, 0.3) is 0 Å². The monoisotopic (exact) mass is 965 g/mol. The maximum absolute atomic E-state index is 11.2. The molecule has 2 bridgehead atoms. The number of ether oxygens (including phenoxy) is 1. The van der Waals surface area contributed by atoms with Crippen LogP contribution in [0.15, 0.2) is 286 Å². The summed E-state index contributed by atoms with van der Waals surface area (Å²) in [5, 5.41) is 12.2. The largest absolute Gasteiger partial charge is 0.497 e. The molecule has 0 radical (unpaired) electrons. The molecule has 74 heavy (non-hydrogen) atoms. The standard InChI is InChI=1S/2C24H20B.C20H24N2O2/c2*1-5-13-21(14-6-1)25(22-15-7-2-8-16-22,23-17-9-3-10-18-23)24-19-11-4-12-20-24;1-3-13-12-22-9-7-14(13)10-19(22)20(23)16-6-8-21-18-5-4-15(24-2)11-17(16)18/h2*1-20H;3-6,8,11,13-14,19-20,23H,1,7,9-10,12H2,2H3/q2*-1;/p+2/t;;13-,14-,19-,20+/m..0/s1. The Morgan fingerprint density at radius 2 is 0.865 bits per heavy atom. The molecule has 1 aromatic heterocycles. The van der Waals surface area contributed by atoms with Crippen LogP contribution in [-0.2, 0) is 0 Å². The van der Waals surface area contributed by atoms with Crippen molar-refractivity contribution in [1.29, 1.82) is 0 Å². The number of nitrogens with one attached hydrogen (secondary N) is 2. The summed E-state index contributed by atoms with van der Waals surface area (Å²) < 4.78 is 5.37. The first-order valence-corrected chi connectivity index (χ1v) is 26.4. The minimum atomic E-state index is -1.22. The average molecular weight is 965 g/mol. The summed E-state index contributed by atoms with van der Waals surface area (Å²) in [6.07, 6.45) is 3.50. The number of benzene rings is 9. The molecule has 366 valence electrons. The van der Waals surface area contributed by atoms with E-state index in [-0.39, 0.29) is 6.04 Å². The summed E-state index contributed by atoms with van der Waals surface area (Å²) in [5.41, 5.74) is 12.7. The van der Waals surface area contributed by atoms with Crippen molar-refractivity contribution in [2.24, 2.45) is 11.8 Å². The number of hydrogen-bond donors (Lipinski definition) is 2. The van der Waals surface area contributed by atoms with Crippen LogP contribution in [0.3, 0.4) is 0 Å². The van der Waals surface area contributed by atoms with Crippen molar-refractivity contribution in [1.82, 2.24) is 0 Å². The molecule has 3 fully saturated rings. The van der Waals surface area contributed by atoms with Crippen LogP contribution in [0.1, 0.15) is 24.5 Å². The number of piperidine rings is 3. The van der Waals surface area contributed by atoms with E-state index in [4.69, 9.17) is 4.74 Å². The number of aliphatic hydroxyl groups is 1. The third kappa shape index (κ3) is 9.92. The topological polar surface area (TPSA) is 48.0 Å². The molecule has 10 aromatic rings. The van der Waals surface area contributed by atoms with Gasteiger partial charge in [0, 0.05) is 36.5 Å². The fraction of sp³-hybridized carbons (Fsp3) is 0.132. The van der Waals surface area contributed by atoms with Crippen molar-refractivity contribution < 1.29 is 19.7 Å². The Hall–Kier alpha value is -8.02. The number of rotatable bonds is 12. The highest BCUT2D eigenvalue weighted by atomic mass is 16.5. The number of methoxy groups -OCH3 is 1. The van der Waals surface area contributed by atoms with Crippen molar-refractivity contribution in [3.05, 3.63) is 291 Å². The van der Waals surface area contributed by atoms with Gasteiger partial charge in [0.05, 0.1) is 25.6 Å². The van der Waals surface area contributed by atoms with Crippen molar-refractivity contribution in [2.75, 3.05) is 20.2 Å². The first-order valence-electron chi connectivity index (χ1n) is 26.4. The van der Waals surface area contributed by atoms with Gasteiger partial charge in [-0.1, -0.05) is 249 Å². The van der Waals surface area contributed by atoms with Gasteiger partial charge in [-0.2, -0.15) is 43.7 Å². The number of quaternary nitrogens is 1. The van der Waals surface area contributed by atoms with E-state index in [0.717, 1.165) is 41.7 Å². The summed E-state index contributed by atoms with van der Waals surface area (Å²) in [4.78, 5) is 4.79. The lowest BCUT2D eigenvalue weighted by Gasteiger charge is -2.47. The molecule has 0 amide bonds. The second-order valence-electron chi connectivity index (χ2n) is 20.2. The SMILES string of the molecule is C=C[C@H]1C[NH+]2CC[C@H]1C[C@H]2[C@H](O)c1cc[nH+]c2ccc(OC)cc12.c1ccc([B-](c2ccccc2)(c2ccccc2)c2ccccc2)cc1.c1ccc([B-](c2ccccc2)(c2ccccc2)c2ccccc2)cc1. The maximum atomic E-state index is 11.2. The molecule has 4 heterocycles. The van der Waals surface area contributed by atoms with Crippen LogP contribution < -0.4 is 58.3 Å². The van der Waals surface area contributed by atoms with E-state index in [1.807, 2.05) is 30.5 Å². The summed E-state index contributed by atoms with van der Waals surface area (Å²) in [6, 6.07) is 95.3. The third-order valence-electron chi connectivity index (χ3n) is 16.5. The molecule has 9 aromatic carbocycles. The lowest BCUT2D eigenvalue weighted by molar-refractivity contribution is -0.949. The highest BCUT2D eigenvalue weighted by Gasteiger charge is 2.46. The Balaban J connectivity index is 0.000000127. The molecule has 3 N–H and O–H groups in total. The zero-order valence-corrected chi connectivity index (χ0v) is 42.4. The molecule has 6 heteroatoms. The number of pyridine rings is 1. The van der Waals surface area contributed by atoms with Crippen LogP contribution in [0.25, 0.3) is 10.9 Å². The third-order valence-corrected chi connectivity index (χ3v) is 16.5. The number of aromatic amines is 1. The molecule has 13 rings (SSSR count). The number of aliphatic hydroxyl groups excluding tert-OH is 1. The molecule has 0 spiro atoms. The summed E-state index contributed by atoms with van der Waals surface area (Å²) in [5.74, 6) is 2.11. The fourth-order valence-corrected chi connectivity index (χ4v) is 13.0. The van der Waals surface area contributed by atoms with E-state index in [0.29, 0.717) is 11.8 Å². The second-order valence-corrected chi connectivity index (χ2v) is 20.2. The number of H-pyrrole nitrogens is 1. The van der Waals surface area contributed by atoms with E-state index in [9.17, 15) is 5.11 Å². The molecule has 3 aliphatic rings. The molecule has 3 saturated heterocycles. The Labute approximate surface area is 438 Å². The van der Waals surface area contributed by atoms with Crippen LogP contribution in [0, 0.1) is 11.8 Å². The van der Waals surface area contributed by atoms with Gasteiger partial charge in [-0.25, -0.2) is 4.98 Å². The lowest BCUT2D eigenvalue weighted by Crippen LogP contribution is -3.20. The van der Waals surface area contributed by atoms with Crippen molar-refractivity contribution in [2.45, 2.75) is 25.0 Å². The molecular weight excluding hydrogens is 898 g/mol. The molecular formula is C68H66B2N2O2. The molecule has 3 aliphatic heterocycles. The molecule has 4 nitrogen and oxygen atoms in total. The minimum absolute atomic E-state index is 0.275. The fourth-order valence-electron chi connectivity index (χ4n) is 13.0. The molecule has 1 unspecified atom stereocenters. The quantitative estimate of drug-likeness (QED) is 0.0999. The van der Waals surface area contributed by atoms with Crippen LogP contribution in [-0.4, -0.2) is 43.6 Å². The Morgan fingerprint density at radius 3 is 1.16 bits per heavy atom. The summed E-state index contributed by atoms with van der Waals surface area (Å²) in [6.45, 7) is 6.27. The number of aromatic nitrogens is 1. The lowest BCUT2D eigenvalue weighted by atomic mass is 9.13. The predicted octanol–water partition coefficient (Wildman–Crippen LogP) is 7.30. The second kappa shape index (κ2) is 23.2. The van der Waals surface area contributed by atoms with Gasteiger partial charge in [-0.3, -0.25) is 0 Å². The van der Waals surface area contributed by atoms with Crippen LogP contribution in [0.4, 0.5) is 0 Å². The van der Waals surface area contributed by atoms with E-state index in [1.165, 1.54) is 55.0 Å². The first kappa shape index (κ1) is 49.6. The zero-order chi connectivity index (χ0) is 50.6. The molecule has 0 aliphatic carbocycles. The smallest absolute Gasteiger partial charge is 0.211 e. The highest BCUT2D eigenvalue weighted by Crippen LogP contribution is 2.34. The average Bonchev–Trinajstić information content (AvgIpc) is 3.50. The van der Waals surface area contributed by atoms with E-state index in [1.54, 1.807) is 7.11 Å². The first-order chi connectivity index (χ1) is 36.5. The van der Waals surface area contributed by atoms with Gasteiger partial charge in [0.15, 0.2) is 6.20 Å². The normalized spacial score (nSPS) is 17.4. The Morgan fingerprint density at radius 1 is 0.514 bits per heavy atom. The van der Waals surface area contributed by atoms with Gasteiger partial charge in [-0.05, 0) is 18.1 Å².